The van der Waals surface area contributed by atoms with E-state index in [9.17, 15) is 14.4 Å². The molecule has 0 N–H and O–H groups in total. The zero-order chi connectivity index (χ0) is 57.1. The molecule has 0 radical (unpaired) electrons. The molecule has 0 aliphatic rings. The molecule has 0 aliphatic carbocycles. The quantitative estimate of drug-likeness (QED) is 0.0261. The first-order valence-corrected chi connectivity index (χ1v) is 31.6. The van der Waals surface area contributed by atoms with Crippen LogP contribution in [0, 0.1) is 0 Å². The highest BCUT2D eigenvalue weighted by Gasteiger charge is 2.19. The summed E-state index contributed by atoms with van der Waals surface area (Å²) in [6, 6.07) is 0. The smallest absolute Gasteiger partial charge is 0.310 e. The lowest BCUT2D eigenvalue weighted by molar-refractivity contribution is -0.166. The van der Waals surface area contributed by atoms with E-state index >= 15 is 0 Å². The van der Waals surface area contributed by atoms with Crippen molar-refractivity contribution in [2.75, 3.05) is 13.2 Å². The number of rotatable bonds is 55. The average Bonchev–Trinajstić information content (AvgIpc) is 3.45. The molecule has 0 spiro atoms. The summed E-state index contributed by atoms with van der Waals surface area (Å²) >= 11 is 0. The van der Waals surface area contributed by atoms with Crippen molar-refractivity contribution in [2.45, 2.75) is 258 Å². The normalized spacial score (nSPS) is 13.3. The van der Waals surface area contributed by atoms with Crippen molar-refractivity contribution in [1.29, 1.82) is 0 Å². The lowest BCUT2D eigenvalue weighted by atomic mass is 10.0. The first kappa shape index (κ1) is 73.8. The molecular formula is C73H114O6. The number of esters is 3. The molecule has 0 fully saturated rings. The van der Waals surface area contributed by atoms with Gasteiger partial charge >= 0.3 is 17.9 Å². The van der Waals surface area contributed by atoms with Crippen LogP contribution in [-0.2, 0) is 28.6 Å². The Kier molecular flexibility index (Phi) is 61.0. The van der Waals surface area contributed by atoms with Crippen LogP contribution in [-0.4, -0.2) is 37.2 Å². The molecule has 0 rings (SSSR count). The highest BCUT2D eigenvalue weighted by molar-refractivity contribution is 5.72. The molecule has 79 heavy (non-hydrogen) atoms. The number of carbonyl (C=O) groups excluding carboxylic acids is 3. The van der Waals surface area contributed by atoms with E-state index in [1.54, 1.807) is 6.08 Å². The molecule has 0 aromatic rings. The molecule has 0 heterocycles. The molecule has 6 nitrogen and oxygen atoms in total. The van der Waals surface area contributed by atoms with Gasteiger partial charge in [0.2, 0.25) is 0 Å². The third-order valence-electron chi connectivity index (χ3n) is 12.7. The summed E-state index contributed by atoms with van der Waals surface area (Å²) in [7, 11) is 0. The van der Waals surface area contributed by atoms with Crippen molar-refractivity contribution in [3.05, 3.63) is 170 Å². The van der Waals surface area contributed by atoms with E-state index in [0.717, 1.165) is 141 Å². The topological polar surface area (TPSA) is 78.9 Å². The van der Waals surface area contributed by atoms with E-state index in [0.29, 0.717) is 19.3 Å². The molecule has 0 bridgehead atoms. The fourth-order valence-corrected chi connectivity index (χ4v) is 8.10. The van der Waals surface area contributed by atoms with Crippen molar-refractivity contribution >= 4 is 17.9 Å². The Balaban J connectivity index is 4.40. The van der Waals surface area contributed by atoms with E-state index in [4.69, 9.17) is 14.2 Å². The molecule has 0 amide bonds. The standard InChI is InChI=1S/C73H114O6/c1-4-7-10-13-16-19-22-25-27-28-29-30-31-32-33-34-35-36-37-38-39-40-41-42-43-44-46-48-51-54-57-60-63-66-72(75)78-69-70(68-77-71(74)65-62-59-56-53-50-47-24-21-18-15-12-9-6-3)79-73(76)67-64-61-58-55-52-49-45-26-23-20-17-14-11-8-5-2/h7-8,10-11,16-17,19-20,25-27,29-30,32-33,35-36,38-39,41-42,44-46,52,55,61,64,70H,4-6,9,12-15,18,21-24,28,31,34,37,40,43,47-51,53-54,56-60,62-63,65-69H2,1-3H3/b10-7-,11-8-,19-16-,20-17-,27-25-,30-29-,33-32-,36-35-,39-38-,42-41-,45-26-,46-44-,55-52-,64-61-. The SMILES string of the molecule is CC/C=C\C/C=C\C/C=C\C/C=C\C/C=C\C/C=C\C/C=C\C/C=C\C/C=C\CCCCCCCC(=O)OCC(COC(=O)CCCCCCCCCCCCCCC)OC(=O)C/C=C\C/C=C\C/C=C\C/C=C\C/C=C\CC. The van der Waals surface area contributed by atoms with Crippen LogP contribution < -0.4 is 0 Å². The molecule has 0 saturated carbocycles. The molecule has 1 unspecified atom stereocenters. The van der Waals surface area contributed by atoms with E-state index < -0.39 is 12.1 Å². The maximum absolute atomic E-state index is 12.8. The van der Waals surface area contributed by atoms with Gasteiger partial charge in [-0.3, -0.25) is 14.4 Å². The summed E-state index contributed by atoms with van der Waals surface area (Å²) in [5, 5.41) is 0. The van der Waals surface area contributed by atoms with Crippen LogP contribution >= 0.6 is 0 Å². The van der Waals surface area contributed by atoms with Gasteiger partial charge in [0.15, 0.2) is 6.10 Å². The number of unbranched alkanes of at least 4 members (excludes halogenated alkanes) is 17. The van der Waals surface area contributed by atoms with Crippen molar-refractivity contribution in [1.82, 2.24) is 0 Å². The Morgan fingerprint density at radius 3 is 0.835 bits per heavy atom. The third-order valence-corrected chi connectivity index (χ3v) is 12.7. The second kappa shape index (κ2) is 65.3. The van der Waals surface area contributed by atoms with Gasteiger partial charge in [-0.05, 0) is 116 Å². The van der Waals surface area contributed by atoms with E-state index in [1.165, 1.54) is 64.2 Å². The first-order chi connectivity index (χ1) is 39.0. The minimum Gasteiger partial charge on any atom is -0.462 e. The van der Waals surface area contributed by atoms with Gasteiger partial charge in [-0.15, -0.1) is 0 Å². The second-order valence-electron chi connectivity index (χ2n) is 20.2. The van der Waals surface area contributed by atoms with Gasteiger partial charge in [-0.1, -0.05) is 287 Å². The predicted octanol–water partition coefficient (Wildman–Crippen LogP) is 21.9. The molecule has 0 saturated heterocycles. The highest BCUT2D eigenvalue weighted by atomic mass is 16.6. The summed E-state index contributed by atoms with van der Waals surface area (Å²) in [5.41, 5.74) is 0. The summed E-state index contributed by atoms with van der Waals surface area (Å²) in [6.45, 7) is 6.30. The number of carbonyl (C=O) groups is 3. The monoisotopic (exact) mass is 1090 g/mol. The Labute approximate surface area is 485 Å². The minimum atomic E-state index is -0.847. The lowest BCUT2D eigenvalue weighted by Gasteiger charge is -2.18. The van der Waals surface area contributed by atoms with E-state index in [2.05, 4.69) is 179 Å². The average molecular weight is 1090 g/mol. The molecule has 0 aromatic carbocycles. The molecule has 6 heteroatoms. The number of allylic oxidation sites excluding steroid dienone is 27. The van der Waals surface area contributed by atoms with Crippen molar-refractivity contribution in [3.8, 4) is 0 Å². The van der Waals surface area contributed by atoms with Gasteiger partial charge in [-0.25, -0.2) is 0 Å². The van der Waals surface area contributed by atoms with Crippen LogP contribution in [0.25, 0.3) is 0 Å². The first-order valence-electron chi connectivity index (χ1n) is 31.6. The summed E-state index contributed by atoms with van der Waals surface area (Å²) in [5.74, 6) is -1.08. The number of hydrogen-bond acceptors (Lipinski definition) is 6. The molecule has 442 valence electrons. The van der Waals surface area contributed by atoms with Crippen LogP contribution in [0.3, 0.4) is 0 Å². The van der Waals surface area contributed by atoms with Gasteiger partial charge < -0.3 is 14.2 Å². The van der Waals surface area contributed by atoms with Gasteiger partial charge in [-0.2, -0.15) is 0 Å². The van der Waals surface area contributed by atoms with Crippen LogP contribution in [0.5, 0.6) is 0 Å². The lowest BCUT2D eigenvalue weighted by Crippen LogP contribution is -2.30. The predicted molar refractivity (Wildman–Crippen MR) is 343 cm³/mol. The largest absolute Gasteiger partial charge is 0.462 e. The third kappa shape index (κ3) is 63.5. The van der Waals surface area contributed by atoms with Crippen molar-refractivity contribution in [3.63, 3.8) is 0 Å². The Morgan fingerprint density at radius 1 is 0.278 bits per heavy atom. The van der Waals surface area contributed by atoms with E-state index in [1.807, 2.05) is 6.08 Å². The molecular weight excluding hydrogens is 973 g/mol. The number of hydrogen-bond donors (Lipinski definition) is 0. The minimum absolute atomic E-state index is 0.0862. The van der Waals surface area contributed by atoms with Crippen LogP contribution in [0.2, 0.25) is 0 Å². The van der Waals surface area contributed by atoms with Crippen molar-refractivity contribution < 1.29 is 28.6 Å². The Hall–Kier alpha value is -5.23. The van der Waals surface area contributed by atoms with Gasteiger partial charge in [0.25, 0.3) is 0 Å². The summed E-state index contributed by atoms with van der Waals surface area (Å²) < 4.78 is 16.7. The summed E-state index contributed by atoms with van der Waals surface area (Å²) in [6.07, 6.45) is 96.7. The van der Waals surface area contributed by atoms with Gasteiger partial charge in [0.05, 0.1) is 6.42 Å². The Bertz CT molecular complexity index is 1820. The zero-order valence-corrected chi connectivity index (χ0v) is 50.6. The van der Waals surface area contributed by atoms with Crippen LogP contribution in [0.15, 0.2) is 170 Å². The highest BCUT2D eigenvalue weighted by Crippen LogP contribution is 2.14. The maximum Gasteiger partial charge on any atom is 0.310 e. The van der Waals surface area contributed by atoms with Crippen molar-refractivity contribution in [2.24, 2.45) is 0 Å². The van der Waals surface area contributed by atoms with Crippen LogP contribution in [0.1, 0.15) is 252 Å². The summed E-state index contributed by atoms with van der Waals surface area (Å²) in [4.78, 5) is 38.1. The zero-order valence-electron chi connectivity index (χ0n) is 50.6. The molecule has 0 aliphatic heterocycles. The van der Waals surface area contributed by atoms with Gasteiger partial charge in [0.1, 0.15) is 13.2 Å². The fourth-order valence-electron chi connectivity index (χ4n) is 8.10. The Morgan fingerprint density at radius 2 is 0.532 bits per heavy atom. The molecule has 0 aromatic heterocycles. The van der Waals surface area contributed by atoms with E-state index in [-0.39, 0.29) is 31.6 Å². The van der Waals surface area contributed by atoms with Crippen LogP contribution in [0.4, 0.5) is 0 Å². The fraction of sp³-hybridized carbons (Fsp3) is 0.575. The maximum atomic E-state index is 12.8. The van der Waals surface area contributed by atoms with Gasteiger partial charge in [0, 0.05) is 12.8 Å². The second-order valence-corrected chi connectivity index (χ2v) is 20.2. The molecule has 1 atom stereocenters. The number of ether oxygens (including phenoxy) is 3.